The summed E-state index contributed by atoms with van der Waals surface area (Å²) in [5.74, 6) is 0.176. The molecule has 2 aromatic rings. The molecule has 0 saturated heterocycles. The Kier molecular flexibility index (Phi) is 7.65. The number of hydrogen-bond donors (Lipinski definition) is 3. The normalized spacial score (nSPS) is 19.6. The summed E-state index contributed by atoms with van der Waals surface area (Å²) in [6, 6.07) is 14.3. The molecule has 3 atom stereocenters. The summed E-state index contributed by atoms with van der Waals surface area (Å²) in [6.45, 7) is 4.84. The lowest BCUT2D eigenvalue weighted by Gasteiger charge is -2.37. The van der Waals surface area contributed by atoms with Crippen LogP contribution in [-0.4, -0.2) is 60.7 Å². The molecule has 166 valence electrons. The monoisotopic (exact) mass is 425 g/mol. The molecule has 3 N–H and O–H groups in total. The first-order chi connectivity index (χ1) is 14.9. The highest BCUT2D eigenvalue weighted by Gasteiger charge is 2.32. The van der Waals surface area contributed by atoms with Crippen LogP contribution in [0.25, 0.3) is 0 Å². The van der Waals surface area contributed by atoms with Crippen molar-refractivity contribution in [3.05, 3.63) is 59.7 Å². The molecule has 0 fully saturated rings. The first kappa shape index (κ1) is 22.8. The van der Waals surface area contributed by atoms with Crippen molar-refractivity contribution in [1.29, 1.82) is 0 Å². The van der Waals surface area contributed by atoms with E-state index < -0.39 is 0 Å². The zero-order valence-corrected chi connectivity index (χ0v) is 18.3. The van der Waals surface area contributed by atoms with E-state index in [1.54, 1.807) is 23.1 Å². The number of benzene rings is 2. The van der Waals surface area contributed by atoms with Crippen LogP contribution in [0.2, 0.25) is 0 Å². The third-order valence-corrected chi connectivity index (χ3v) is 5.56. The number of anilines is 1. The fourth-order valence-corrected chi connectivity index (χ4v) is 3.73. The first-order valence-electron chi connectivity index (χ1n) is 10.6. The molecule has 7 heteroatoms. The minimum atomic E-state index is -0.326. The predicted molar refractivity (Wildman–Crippen MR) is 120 cm³/mol. The third-order valence-electron chi connectivity index (χ3n) is 5.56. The molecule has 0 aliphatic carbocycles. The molecule has 1 heterocycles. The van der Waals surface area contributed by atoms with E-state index in [0.717, 1.165) is 5.56 Å². The van der Waals surface area contributed by atoms with Crippen LogP contribution in [0.1, 0.15) is 29.8 Å². The fraction of sp³-hybridized carbons (Fsp3) is 0.417. The summed E-state index contributed by atoms with van der Waals surface area (Å²) in [5, 5.41) is 15.7. The Bertz CT molecular complexity index is 903. The molecule has 0 radical (unpaired) electrons. The van der Waals surface area contributed by atoms with Gasteiger partial charge in [0.05, 0.1) is 24.6 Å². The fourth-order valence-electron chi connectivity index (χ4n) is 3.73. The van der Waals surface area contributed by atoms with Gasteiger partial charge in [0.1, 0.15) is 11.9 Å². The summed E-state index contributed by atoms with van der Waals surface area (Å²) in [7, 11) is 1.86. The van der Waals surface area contributed by atoms with Crippen LogP contribution in [-0.2, 0) is 11.2 Å². The molecule has 2 aromatic carbocycles. The summed E-state index contributed by atoms with van der Waals surface area (Å²) >= 11 is 0. The van der Waals surface area contributed by atoms with Crippen LogP contribution in [0.15, 0.2) is 48.5 Å². The van der Waals surface area contributed by atoms with Gasteiger partial charge in [-0.3, -0.25) is 9.59 Å². The van der Waals surface area contributed by atoms with Gasteiger partial charge in [0.25, 0.3) is 5.91 Å². The zero-order chi connectivity index (χ0) is 22.4. The SMILES string of the molecule is CNC[C@H]1Oc2ccc(NC(=O)Cc3ccccc3)cc2C(=O)N([C@H](C)CO)C[C@@H]1C. The van der Waals surface area contributed by atoms with E-state index in [-0.39, 0.29) is 42.9 Å². The molecule has 0 aromatic heterocycles. The molecule has 7 nitrogen and oxygen atoms in total. The summed E-state index contributed by atoms with van der Waals surface area (Å²) < 4.78 is 6.19. The maximum atomic E-state index is 13.3. The zero-order valence-electron chi connectivity index (χ0n) is 18.3. The van der Waals surface area contributed by atoms with Gasteiger partial charge < -0.3 is 25.4 Å². The average Bonchev–Trinajstić information content (AvgIpc) is 2.76. The van der Waals surface area contributed by atoms with E-state index >= 15 is 0 Å². The van der Waals surface area contributed by atoms with Crippen molar-refractivity contribution < 1.29 is 19.4 Å². The molecular weight excluding hydrogens is 394 g/mol. The molecule has 1 aliphatic rings. The van der Waals surface area contributed by atoms with Gasteiger partial charge in [-0.25, -0.2) is 0 Å². The Labute approximate surface area is 183 Å². The highest BCUT2D eigenvalue weighted by Crippen LogP contribution is 2.30. The Morgan fingerprint density at radius 2 is 2.00 bits per heavy atom. The number of ether oxygens (including phenoxy) is 1. The largest absolute Gasteiger partial charge is 0.488 e. The maximum absolute atomic E-state index is 13.3. The van der Waals surface area contributed by atoms with Crippen LogP contribution in [0.3, 0.4) is 0 Å². The number of fused-ring (bicyclic) bond motifs is 1. The molecule has 0 spiro atoms. The number of likely N-dealkylation sites (N-methyl/N-ethyl adjacent to an activating group) is 1. The van der Waals surface area contributed by atoms with E-state index in [9.17, 15) is 14.7 Å². The quantitative estimate of drug-likeness (QED) is 0.633. The summed E-state index contributed by atoms with van der Waals surface area (Å²) in [6.07, 6.45) is 0.112. The first-order valence-corrected chi connectivity index (χ1v) is 10.6. The third kappa shape index (κ3) is 5.62. The topological polar surface area (TPSA) is 90.9 Å². The van der Waals surface area contributed by atoms with Crippen molar-refractivity contribution >= 4 is 17.5 Å². The van der Waals surface area contributed by atoms with E-state index in [2.05, 4.69) is 10.6 Å². The molecular formula is C24H31N3O4. The van der Waals surface area contributed by atoms with Crippen molar-refractivity contribution in [1.82, 2.24) is 10.2 Å². The van der Waals surface area contributed by atoms with Crippen molar-refractivity contribution in [2.24, 2.45) is 5.92 Å². The second-order valence-corrected chi connectivity index (χ2v) is 8.10. The maximum Gasteiger partial charge on any atom is 0.258 e. The van der Waals surface area contributed by atoms with Crippen molar-refractivity contribution in [2.45, 2.75) is 32.4 Å². The number of carbonyl (C=O) groups excluding carboxylic acids is 2. The number of aliphatic hydroxyl groups excluding tert-OH is 1. The van der Waals surface area contributed by atoms with Gasteiger partial charge in [-0.15, -0.1) is 0 Å². The lowest BCUT2D eigenvalue weighted by atomic mass is 9.99. The summed E-state index contributed by atoms with van der Waals surface area (Å²) in [4.78, 5) is 27.5. The van der Waals surface area contributed by atoms with Gasteiger partial charge in [-0.05, 0) is 37.7 Å². The Morgan fingerprint density at radius 1 is 1.26 bits per heavy atom. The Balaban J connectivity index is 1.87. The number of hydrogen-bond acceptors (Lipinski definition) is 5. The number of amides is 2. The lowest BCUT2D eigenvalue weighted by molar-refractivity contribution is -0.115. The van der Waals surface area contributed by atoms with E-state index in [4.69, 9.17) is 4.74 Å². The molecule has 0 unspecified atom stereocenters. The highest BCUT2D eigenvalue weighted by molar-refractivity contribution is 6.00. The molecule has 31 heavy (non-hydrogen) atoms. The van der Waals surface area contributed by atoms with Crippen molar-refractivity contribution in [2.75, 3.05) is 32.1 Å². The second kappa shape index (κ2) is 10.4. The second-order valence-electron chi connectivity index (χ2n) is 8.10. The molecule has 0 bridgehead atoms. The van der Waals surface area contributed by atoms with Gasteiger partial charge in [0, 0.05) is 24.7 Å². The van der Waals surface area contributed by atoms with Gasteiger partial charge in [0.2, 0.25) is 5.91 Å². The van der Waals surface area contributed by atoms with Gasteiger partial charge >= 0.3 is 0 Å². The average molecular weight is 426 g/mol. The molecule has 2 amide bonds. The minimum Gasteiger partial charge on any atom is -0.488 e. The van der Waals surface area contributed by atoms with E-state index in [1.165, 1.54) is 0 Å². The van der Waals surface area contributed by atoms with E-state index in [1.807, 2.05) is 51.2 Å². The number of rotatable bonds is 7. The number of carbonyl (C=O) groups is 2. The van der Waals surface area contributed by atoms with Crippen LogP contribution < -0.4 is 15.4 Å². The minimum absolute atomic E-state index is 0.0730. The van der Waals surface area contributed by atoms with Crippen LogP contribution in [0.5, 0.6) is 5.75 Å². The number of nitrogens with zero attached hydrogens (tertiary/aromatic N) is 1. The lowest BCUT2D eigenvalue weighted by Crippen LogP contribution is -2.49. The Hall–Kier alpha value is -2.90. The van der Waals surface area contributed by atoms with E-state index in [0.29, 0.717) is 30.1 Å². The number of nitrogens with one attached hydrogen (secondary N) is 2. The molecule has 1 aliphatic heterocycles. The summed E-state index contributed by atoms with van der Waals surface area (Å²) in [5.41, 5.74) is 1.83. The van der Waals surface area contributed by atoms with Crippen LogP contribution in [0.4, 0.5) is 5.69 Å². The van der Waals surface area contributed by atoms with Crippen LogP contribution in [0, 0.1) is 5.92 Å². The van der Waals surface area contributed by atoms with Crippen molar-refractivity contribution in [3.8, 4) is 5.75 Å². The molecule has 0 saturated carbocycles. The predicted octanol–water partition coefficient (Wildman–Crippen LogP) is 2.31. The Morgan fingerprint density at radius 3 is 2.68 bits per heavy atom. The smallest absolute Gasteiger partial charge is 0.258 e. The highest BCUT2D eigenvalue weighted by atomic mass is 16.5. The number of aliphatic hydroxyl groups is 1. The van der Waals surface area contributed by atoms with Crippen molar-refractivity contribution in [3.63, 3.8) is 0 Å². The molecule has 3 rings (SSSR count). The van der Waals surface area contributed by atoms with Gasteiger partial charge in [-0.2, -0.15) is 0 Å². The van der Waals surface area contributed by atoms with Gasteiger partial charge in [0.15, 0.2) is 0 Å². The standard InChI is InChI=1S/C24H31N3O4/c1-16-14-27(17(2)15-28)24(30)20-12-19(9-10-21(20)31-22(16)13-25-3)26-23(29)11-18-7-5-4-6-8-18/h4-10,12,16-17,22,25,28H,11,13-15H2,1-3H3,(H,26,29)/t16-,17+,22+/m0/s1. The van der Waals surface area contributed by atoms with Crippen LogP contribution >= 0.6 is 0 Å². The van der Waals surface area contributed by atoms with Gasteiger partial charge in [-0.1, -0.05) is 37.3 Å².